The molecule has 0 bridgehead atoms. The number of nitrogens with two attached hydrogens (primary N) is 1. The number of thioether (sulfide) groups is 1. The van der Waals surface area contributed by atoms with E-state index in [9.17, 15) is 0 Å². The molecule has 0 fully saturated rings. The van der Waals surface area contributed by atoms with Crippen LogP contribution >= 0.6 is 11.8 Å². The average Bonchev–Trinajstić information content (AvgIpc) is 2.81. The van der Waals surface area contributed by atoms with Gasteiger partial charge in [-0.2, -0.15) is 0 Å². The molecule has 3 nitrogen and oxygen atoms in total. The van der Waals surface area contributed by atoms with E-state index in [1.54, 1.807) is 11.8 Å². The lowest BCUT2D eigenvalue weighted by Crippen LogP contribution is -2.13. The monoisotopic (exact) mass is 261 g/mol. The Bertz CT molecular complexity index is 490. The van der Waals surface area contributed by atoms with Crippen LogP contribution in [0.15, 0.2) is 41.8 Å². The summed E-state index contributed by atoms with van der Waals surface area (Å²) in [4.78, 5) is 4.28. The van der Waals surface area contributed by atoms with E-state index in [2.05, 4.69) is 36.2 Å². The number of hydrogen-bond donors (Lipinski definition) is 1. The molecule has 0 amide bonds. The summed E-state index contributed by atoms with van der Waals surface area (Å²) in [5.41, 5.74) is 8.73. The van der Waals surface area contributed by atoms with Crippen LogP contribution in [0.3, 0.4) is 0 Å². The second-order valence-electron chi connectivity index (χ2n) is 4.33. The highest BCUT2D eigenvalue weighted by atomic mass is 32.2. The van der Waals surface area contributed by atoms with Crippen molar-refractivity contribution >= 4 is 11.8 Å². The van der Waals surface area contributed by atoms with E-state index >= 15 is 0 Å². The molecule has 0 radical (unpaired) electrons. The van der Waals surface area contributed by atoms with Gasteiger partial charge in [0.25, 0.3) is 0 Å². The molecule has 2 aromatic rings. The summed E-state index contributed by atoms with van der Waals surface area (Å²) in [6, 6.07) is 8.62. The van der Waals surface area contributed by atoms with Crippen molar-refractivity contribution in [2.24, 2.45) is 12.8 Å². The zero-order valence-corrected chi connectivity index (χ0v) is 11.7. The van der Waals surface area contributed by atoms with Crippen LogP contribution < -0.4 is 5.73 Å². The minimum absolute atomic E-state index is 0.0533. The molecule has 0 aliphatic heterocycles. The number of rotatable bonds is 5. The Kier molecular flexibility index (Phi) is 4.44. The molecule has 0 saturated heterocycles. The van der Waals surface area contributed by atoms with Crippen LogP contribution in [0.25, 0.3) is 0 Å². The fraction of sp³-hybridized carbons (Fsp3) is 0.357. The lowest BCUT2D eigenvalue weighted by molar-refractivity contribution is 0.779. The van der Waals surface area contributed by atoms with Gasteiger partial charge < -0.3 is 10.3 Å². The van der Waals surface area contributed by atoms with Gasteiger partial charge in [-0.05, 0) is 17.5 Å². The third-order valence-corrected chi connectivity index (χ3v) is 4.16. The lowest BCUT2D eigenvalue weighted by atomic mass is 10.1. The van der Waals surface area contributed by atoms with Gasteiger partial charge in [0.15, 0.2) is 5.16 Å². The van der Waals surface area contributed by atoms with Crippen LogP contribution in [-0.2, 0) is 13.5 Å². The van der Waals surface area contributed by atoms with E-state index in [0.717, 1.165) is 17.3 Å². The summed E-state index contributed by atoms with van der Waals surface area (Å²) in [6.07, 6.45) is 4.82. The van der Waals surface area contributed by atoms with Gasteiger partial charge in [0.2, 0.25) is 0 Å². The molecule has 1 aromatic heterocycles. The number of hydrogen-bond acceptors (Lipinski definition) is 3. The summed E-state index contributed by atoms with van der Waals surface area (Å²) in [5, 5.41) is 1.01. The molecule has 1 aromatic carbocycles. The Morgan fingerprint density at radius 3 is 2.61 bits per heavy atom. The van der Waals surface area contributed by atoms with Crippen molar-refractivity contribution in [2.45, 2.75) is 24.5 Å². The molecular weight excluding hydrogens is 242 g/mol. The highest BCUT2D eigenvalue weighted by Crippen LogP contribution is 2.21. The van der Waals surface area contributed by atoms with Crippen molar-refractivity contribution in [3.63, 3.8) is 0 Å². The molecule has 0 spiro atoms. The molecule has 4 heteroatoms. The van der Waals surface area contributed by atoms with E-state index in [1.165, 1.54) is 11.1 Å². The van der Waals surface area contributed by atoms with Crippen LogP contribution in [0.5, 0.6) is 0 Å². The third kappa shape index (κ3) is 3.15. The Morgan fingerprint density at radius 1 is 1.33 bits per heavy atom. The largest absolute Gasteiger partial charge is 0.329 e. The zero-order chi connectivity index (χ0) is 13.0. The Labute approximate surface area is 112 Å². The molecular formula is C14H19N3S. The zero-order valence-electron chi connectivity index (χ0n) is 10.8. The number of benzene rings is 1. The Morgan fingerprint density at radius 2 is 2.06 bits per heavy atom. The second kappa shape index (κ2) is 6.07. The van der Waals surface area contributed by atoms with Crippen molar-refractivity contribution < 1.29 is 0 Å². The number of aryl methyl sites for hydroxylation is 2. The lowest BCUT2D eigenvalue weighted by Gasteiger charge is -2.12. The van der Waals surface area contributed by atoms with Crippen LogP contribution in [0.4, 0.5) is 0 Å². The molecule has 1 unspecified atom stereocenters. The van der Waals surface area contributed by atoms with Crippen molar-refractivity contribution in [3.05, 3.63) is 47.8 Å². The Hall–Kier alpha value is -1.26. The minimum atomic E-state index is 0.0533. The second-order valence-corrected chi connectivity index (χ2v) is 5.32. The van der Waals surface area contributed by atoms with E-state index in [4.69, 9.17) is 5.73 Å². The van der Waals surface area contributed by atoms with Crippen molar-refractivity contribution in [2.75, 3.05) is 5.75 Å². The SMILES string of the molecule is CCc1ccc(C(N)CSc2nccn2C)cc1. The molecule has 1 atom stereocenters. The van der Waals surface area contributed by atoms with Gasteiger partial charge in [0, 0.05) is 31.2 Å². The fourth-order valence-corrected chi connectivity index (χ4v) is 2.67. The van der Waals surface area contributed by atoms with Crippen LogP contribution in [0.2, 0.25) is 0 Å². The smallest absolute Gasteiger partial charge is 0.167 e. The number of imidazole rings is 1. The summed E-state index contributed by atoms with van der Waals surface area (Å²) in [6.45, 7) is 2.16. The minimum Gasteiger partial charge on any atom is -0.329 e. The van der Waals surface area contributed by atoms with Crippen LogP contribution in [-0.4, -0.2) is 15.3 Å². The first-order valence-corrected chi connectivity index (χ1v) is 7.13. The van der Waals surface area contributed by atoms with Crippen molar-refractivity contribution in [1.82, 2.24) is 9.55 Å². The maximum absolute atomic E-state index is 6.20. The molecule has 0 aliphatic carbocycles. The molecule has 18 heavy (non-hydrogen) atoms. The number of aromatic nitrogens is 2. The average molecular weight is 261 g/mol. The summed E-state index contributed by atoms with van der Waals surface area (Å²) >= 11 is 1.69. The molecule has 2 N–H and O–H groups in total. The summed E-state index contributed by atoms with van der Waals surface area (Å²) in [7, 11) is 2.00. The first kappa shape index (κ1) is 13.2. The summed E-state index contributed by atoms with van der Waals surface area (Å²) in [5.74, 6) is 0.844. The molecule has 96 valence electrons. The van der Waals surface area contributed by atoms with Crippen LogP contribution in [0, 0.1) is 0 Å². The fourth-order valence-electron chi connectivity index (χ4n) is 1.75. The predicted octanol–water partition coefficient (Wildman–Crippen LogP) is 2.77. The van der Waals surface area contributed by atoms with Gasteiger partial charge in [-0.25, -0.2) is 4.98 Å². The van der Waals surface area contributed by atoms with Gasteiger partial charge in [-0.3, -0.25) is 0 Å². The highest BCUT2D eigenvalue weighted by molar-refractivity contribution is 7.99. The maximum Gasteiger partial charge on any atom is 0.167 e. The molecule has 0 saturated carbocycles. The Balaban J connectivity index is 1.94. The van der Waals surface area contributed by atoms with Gasteiger partial charge in [0.05, 0.1) is 0 Å². The summed E-state index contributed by atoms with van der Waals surface area (Å²) < 4.78 is 2.01. The molecule has 1 heterocycles. The van der Waals surface area contributed by atoms with E-state index in [1.807, 2.05) is 24.0 Å². The van der Waals surface area contributed by atoms with Gasteiger partial charge in [0.1, 0.15) is 0 Å². The van der Waals surface area contributed by atoms with E-state index in [0.29, 0.717) is 0 Å². The first-order valence-electron chi connectivity index (χ1n) is 6.15. The van der Waals surface area contributed by atoms with Gasteiger partial charge >= 0.3 is 0 Å². The topological polar surface area (TPSA) is 43.8 Å². The first-order chi connectivity index (χ1) is 8.70. The quantitative estimate of drug-likeness (QED) is 0.842. The van der Waals surface area contributed by atoms with Crippen molar-refractivity contribution in [3.8, 4) is 0 Å². The van der Waals surface area contributed by atoms with Gasteiger partial charge in [-0.15, -0.1) is 0 Å². The van der Waals surface area contributed by atoms with Crippen molar-refractivity contribution in [1.29, 1.82) is 0 Å². The highest BCUT2D eigenvalue weighted by Gasteiger charge is 2.08. The standard InChI is InChI=1S/C14H19N3S/c1-3-11-4-6-12(7-5-11)13(15)10-18-14-16-8-9-17(14)2/h4-9,13H,3,10,15H2,1-2H3. The van der Waals surface area contributed by atoms with Crippen LogP contribution in [0.1, 0.15) is 24.1 Å². The molecule has 0 aliphatic rings. The normalized spacial score (nSPS) is 12.6. The molecule has 2 rings (SSSR count). The predicted molar refractivity (Wildman–Crippen MR) is 76.7 cm³/mol. The number of nitrogens with zero attached hydrogens (tertiary/aromatic N) is 2. The third-order valence-electron chi connectivity index (χ3n) is 2.99. The van der Waals surface area contributed by atoms with Gasteiger partial charge in [-0.1, -0.05) is 43.0 Å². The van der Waals surface area contributed by atoms with E-state index in [-0.39, 0.29) is 6.04 Å². The maximum atomic E-state index is 6.20. The van der Waals surface area contributed by atoms with E-state index < -0.39 is 0 Å².